The van der Waals surface area contributed by atoms with Crippen LogP contribution in [0.4, 0.5) is 5.69 Å². The van der Waals surface area contributed by atoms with Gasteiger partial charge in [-0.2, -0.15) is 0 Å². The van der Waals surface area contributed by atoms with E-state index in [4.69, 9.17) is 11.6 Å². The average molecular weight is 365 g/mol. The van der Waals surface area contributed by atoms with E-state index in [1.807, 2.05) is 45.2 Å². The van der Waals surface area contributed by atoms with Crippen molar-refractivity contribution in [2.24, 2.45) is 4.99 Å². The topological polar surface area (TPSA) is 56.7 Å². The van der Waals surface area contributed by atoms with Crippen LogP contribution in [0.25, 0.3) is 0 Å². The van der Waals surface area contributed by atoms with Crippen molar-refractivity contribution in [3.63, 3.8) is 0 Å². The molecule has 0 atom stereocenters. The van der Waals surface area contributed by atoms with E-state index < -0.39 is 0 Å². The first-order valence-corrected chi connectivity index (χ1v) is 9.02. The van der Waals surface area contributed by atoms with Crippen LogP contribution in [-0.2, 0) is 4.79 Å². The van der Waals surface area contributed by atoms with Crippen LogP contribution in [-0.4, -0.2) is 43.4 Å². The van der Waals surface area contributed by atoms with Gasteiger partial charge in [0.05, 0.1) is 17.3 Å². The maximum Gasteiger partial charge on any atom is 0.226 e. The quantitative estimate of drug-likeness (QED) is 0.303. The third-order valence-electron chi connectivity index (χ3n) is 3.60. The van der Waals surface area contributed by atoms with Gasteiger partial charge in [-0.15, -0.1) is 6.58 Å². The molecule has 1 aromatic carbocycles. The molecule has 0 heterocycles. The van der Waals surface area contributed by atoms with Gasteiger partial charge in [-0.3, -0.25) is 9.79 Å². The molecule has 1 amide bonds. The maximum atomic E-state index is 12.1. The lowest BCUT2D eigenvalue weighted by Gasteiger charge is -2.21. The van der Waals surface area contributed by atoms with Gasteiger partial charge in [0.25, 0.3) is 0 Å². The number of rotatable bonds is 9. The Kier molecular flexibility index (Phi) is 9.70. The molecule has 2 N–H and O–H groups in total. The summed E-state index contributed by atoms with van der Waals surface area (Å²) in [5, 5.41) is 6.62. The number of nitrogens with one attached hydrogen (secondary N) is 2. The summed E-state index contributed by atoms with van der Waals surface area (Å²) in [6.07, 6.45) is 4.22. The highest BCUT2D eigenvalue weighted by atomic mass is 35.5. The number of halogens is 1. The SMILES string of the molecule is C=CCCCN(C)C(=NCCC(=O)Nc1ccc(C)cc1Cl)NCC. The van der Waals surface area contributed by atoms with Gasteiger partial charge in [0.1, 0.15) is 0 Å². The van der Waals surface area contributed by atoms with Crippen LogP contribution in [0, 0.1) is 6.92 Å². The molecule has 0 bridgehead atoms. The molecule has 0 saturated carbocycles. The Morgan fingerprint density at radius 1 is 1.44 bits per heavy atom. The second-order valence-electron chi connectivity index (χ2n) is 5.87. The van der Waals surface area contributed by atoms with Gasteiger partial charge in [0, 0.05) is 26.6 Å². The van der Waals surface area contributed by atoms with Crippen molar-refractivity contribution in [1.29, 1.82) is 0 Å². The number of allylic oxidation sites excluding steroid dienone is 1. The summed E-state index contributed by atoms with van der Waals surface area (Å²) in [6.45, 7) is 9.82. The normalized spacial score (nSPS) is 11.1. The smallest absolute Gasteiger partial charge is 0.226 e. The van der Waals surface area contributed by atoms with Crippen LogP contribution in [0.1, 0.15) is 31.7 Å². The van der Waals surface area contributed by atoms with Gasteiger partial charge in [-0.05, 0) is 44.4 Å². The maximum absolute atomic E-state index is 12.1. The minimum atomic E-state index is -0.0975. The fraction of sp³-hybridized carbons (Fsp3) is 0.474. The first kappa shape index (κ1) is 21.0. The Labute approximate surface area is 156 Å². The number of anilines is 1. The summed E-state index contributed by atoms with van der Waals surface area (Å²) in [4.78, 5) is 18.7. The second kappa shape index (κ2) is 11.5. The number of hydrogen-bond donors (Lipinski definition) is 2. The van der Waals surface area contributed by atoms with Crippen molar-refractivity contribution in [2.45, 2.75) is 33.1 Å². The van der Waals surface area contributed by atoms with Crippen LogP contribution >= 0.6 is 11.6 Å². The zero-order valence-electron chi connectivity index (χ0n) is 15.4. The fourth-order valence-corrected chi connectivity index (χ4v) is 2.53. The van der Waals surface area contributed by atoms with Crippen LogP contribution < -0.4 is 10.6 Å². The number of aryl methyl sites for hydroxylation is 1. The van der Waals surface area contributed by atoms with Gasteiger partial charge in [0.15, 0.2) is 5.96 Å². The number of carbonyl (C=O) groups is 1. The van der Waals surface area contributed by atoms with Crippen LogP contribution in [0.15, 0.2) is 35.8 Å². The lowest BCUT2D eigenvalue weighted by Crippen LogP contribution is -2.39. The number of carbonyl (C=O) groups excluding carboxylic acids is 1. The number of hydrogen-bond acceptors (Lipinski definition) is 2. The van der Waals surface area contributed by atoms with Crippen molar-refractivity contribution >= 4 is 29.2 Å². The number of amides is 1. The van der Waals surface area contributed by atoms with E-state index in [2.05, 4.69) is 27.1 Å². The van der Waals surface area contributed by atoms with Crippen molar-refractivity contribution < 1.29 is 4.79 Å². The predicted octanol–water partition coefficient (Wildman–Crippen LogP) is 3.84. The molecule has 138 valence electrons. The molecule has 25 heavy (non-hydrogen) atoms. The monoisotopic (exact) mass is 364 g/mol. The Morgan fingerprint density at radius 3 is 2.84 bits per heavy atom. The molecular weight excluding hydrogens is 336 g/mol. The van der Waals surface area contributed by atoms with Gasteiger partial charge in [0.2, 0.25) is 5.91 Å². The third kappa shape index (κ3) is 8.07. The molecule has 0 fully saturated rings. The largest absolute Gasteiger partial charge is 0.357 e. The van der Waals surface area contributed by atoms with Gasteiger partial charge in [-0.1, -0.05) is 23.7 Å². The van der Waals surface area contributed by atoms with Crippen molar-refractivity contribution in [2.75, 3.05) is 32.0 Å². The van der Waals surface area contributed by atoms with E-state index in [0.29, 0.717) is 23.7 Å². The molecule has 0 aliphatic heterocycles. The standard InChI is InChI=1S/C19H29ClN4O/c1-5-7-8-13-24(4)19(21-6-2)22-12-11-18(25)23-17-10-9-15(3)14-16(17)20/h5,9-10,14H,1,6-8,11-13H2,2-4H3,(H,21,22)(H,23,25). The molecule has 0 aliphatic rings. The summed E-state index contributed by atoms with van der Waals surface area (Å²) < 4.78 is 0. The Morgan fingerprint density at radius 2 is 2.20 bits per heavy atom. The highest BCUT2D eigenvalue weighted by Crippen LogP contribution is 2.22. The minimum Gasteiger partial charge on any atom is -0.357 e. The molecule has 1 aromatic rings. The predicted molar refractivity (Wildman–Crippen MR) is 107 cm³/mol. The van der Waals surface area contributed by atoms with Gasteiger partial charge >= 0.3 is 0 Å². The van der Waals surface area contributed by atoms with Crippen molar-refractivity contribution in [3.8, 4) is 0 Å². The molecule has 0 aromatic heterocycles. The number of unbranched alkanes of at least 4 members (excludes halogenated alkanes) is 1. The van der Waals surface area contributed by atoms with Crippen molar-refractivity contribution in [3.05, 3.63) is 41.4 Å². The van der Waals surface area contributed by atoms with Crippen LogP contribution in [0.5, 0.6) is 0 Å². The molecule has 0 radical (unpaired) electrons. The number of nitrogens with zero attached hydrogens (tertiary/aromatic N) is 2. The number of aliphatic imine (C=N–C) groups is 1. The molecule has 5 nitrogen and oxygen atoms in total. The highest BCUT2D eigenvalue weighted by molar-refractivity contribution is 6.33. The van der Waals surface area contributed by atoms with Gasteiger partial charge < -0.3 is 15.5 Å². The lowest BCUT2D eigenvalue weighted by atomic mass is 10.2. The minimum absolute atomic E-state index is 0.0975. The Bertz CT molecular complexity index is 601. The van der Waals surface area contributed by atoms with E-state index in [1.54, 1.807) is 0 Å². The molecule has 0 aliphatic carbocycles. The number of guanidine groups is 1. The van der Waals surface area contributed by atoms with E-state index in [0.717, 1.165) is 37.5 Å². The number of benzene rings is 1. The highest BCUT2D eigenvalue weighted by Gasteiger charge is 2.08. The first-order valence-electron chi connectivity index (χ1n) is 8.64. The summed E-state index contributed by atoms with van der Waals surface area (Å²) in [6, 6.07) is 5.56. The summed E-state index contributed by atoms with van der Waals surface area (Å²) >= 11 is 6.14. The fourth-order valence-electron chi connectivity index (χ4n) is 2.25. The zero-order chi connectivity index (χ0) is 18.7. The zero-order valence-corrected chi connectivity index (χ0v) is 16.2. The third-order valence-corrected chi connectivity index (χ3v) is 3.91. The van der Waals surface area contributed by atoms with Gasteiger partial charge in [-0.25, -0.2) is 0 Å². The van der Waals surface area contributed by atoms with E-state index in [1.165, 1.54) is 0 Å². The molecule has 1 rings (SSSR count). The molecule has 6 heteroatoms. The lowest BCUT2D eigenvalue weighted by molar-refractivity contribution is -0.116. The first-order chi connectivity index (χ1) is 12.0. The summed E-state index contributed by atoms with van der Waals surface area (Å²) in [7, 11) is 2.00. The van der Waals surface area contributed by atoms with Crippen molar-refractivity contribution in [1.82, 2.24) is 10.2 Å². The van der Waals surface area contributed by atoms with E-state index in [9.17, 15) is 4.79 Å². The van der Waals surface area contributed by atoms with E-state index >= 15 is 0 Å². The second-order valence-corrected chi connectivity index (χ2v) is 6.28. The molecule has 0 spiro atoms. The Hall–Kier alpha value is -2.01. The summed E-state index contributed by atoms with van der Waals surface area (Å²) in [5.74, 6) is 0.715. The summed E-state index contributed by atoms with van der Waals surface area (Å²) in [5.41, 5.74) is 1.69. The molecule has 0 saturated heterocycles. The molecular formula is C19H29ClN4O. The Balaban J connectivity index is 2.53. The average Bonchev–Trinajstić information content (AvgIpc) is 2.57. The van der Waals surface area contributed by atoms with E-state index in [-0.39, 0.29) is 5.91 Å². The van der Waals surface area contributed by atoms with Crippen LogP contribution in [0.3, 0.4) is 0 Å². The molecule has 0 unspecified atom stereocenters. The van der Waals surface area contributed by atoms with Crippen LogP contribution in [0.2, 0.25) is 5.02 Å².